The smallest absolute Gasteiger partial charge is 0.0176 e. The predicted molar refractivity (Wildman–Crippen MR) is 65.8 cm³/mol. The molecule has 0 aromatic rings. The van der Waals surface area contributed by atoms with Gasteiger partial charge in [0, 0.05) is 18.1 Å². The monoisotopic (exact) mass is 217 g/mol. The van der Waals surface area contributed by atoms with Crippen LogP contribution in [0.2, 0.25) is 0 Å². The lowest BCUT2D eigenvalue weighted by Crippen LogP contribution is -2.27. The zero-order valence-corrected chi connectivity index (χ0v) is 10.5. The van der Waals surface area contributed by atoms with Crippen molar-refractivity contribution in [3.63, 3.8) is 0 Å². The Hall–Kier alpha value is -0.0100. The van der Waals surface area contributed by atoms with Gasteiger partial charge in [-0.05, 0) is 25.8 Å². The zero-order valence-electron chi connectivity index (χ0n) is 9.78. The van der Waals surface area contributed by atoms with Crippen LogP contribution in [-0.2, 0) is 0 Å². The third-order valence-corrected chi connectivity index (χ3v) is 2.78. The van der Waals surface area contributed by atoms with E-state index in [1.54, 1.807) is 5.54 Å². The lowest BCUT2D eigenvalue weighted by molar-refractivity contribution is 0.499. The van der Waals surface area contributed by atoms with E-state index in [0.717, 1.165) is 6.54 Å². The molecule has 14 heavy (non-hydrogen) atoms. The highest BCUT2D eigenvalue weighted by molar-refractivity contribution is 6.25. The normalized spacial score (nSPS) is 14.4. The molecule has 0 fully saturated rings. The Bertz CT molecular complexity index is 154. The fourth-order valence-corrected chi connectivity index (χ4v) is 1.43. The molecule has 1 N–H and O–H groups in total. The second-order valence-electron chi connectivity index (χ2n) is 4.09. The topological polar surface area (TPSA) is 12.0 Å². The van der Waals surface area contributed by atoms with Gasteiger partial charge in [0.15, 0.2) is 0 Å². The molecule has 0 spiro atoms. The highest BCUT2D eigenvalue weighted by Crippen LogP contribution is 2.05. The predicted octanol–water partition coefficient (Wildman–Crippen LogP) is 4.08. The molecule has 0 rings (SSSR count). The summed E-state index contributed by atoms with van der Waals surface area (Å²) in [4.78, 5) is 0. The Morgan fingerprint density at radius 1 is 1.36 bits per heavy atom. The van der Waals surface area contributed by atoms with E-state index < -0.39 is 0 Å². The first-order valence-corrected chi connectivity index (χ1v) is 6.13. The average Bonchev–Trinajstić information content (AvgIpc) is 2.21. The van der Waals surface area contributed by atoms with Crippen LogP contribution in [0.5, 0.6) is 0 Å². The van der Waals surface area contributed by atoms with E-state index in [4.69, 9.17) is 11.6 Å². The molecule has 1 atom stereocenters. The number of hydrogen-bond donors (Lipinski definition) is 1. The molecule has 0 amide bonds. The Morgan fingerprint density at radius 3 is 2.64 bits per heavy atom. The molecule has 0 aliphatic rings. The highest BCUT2D eigenvalue weighted by Gasteiger charge is 2.00. The van der Waals surface area contributed by atoms with Crippen molar-refractivity contribution in [3.8, 4) is 0 Å². The molecule has 1 unspecified atom stereocenters. The van der Waals surface area contributed by atoms with E-state index in [1.807, 2.05) is 6.92 Å². The van der Waals surface area contributed by atoms with Crippen molar-refractivity contribution >= 4 is 11.6 Å². The Labute approximate surface area is 93.9 Å². The molecular formula is C12H24ClN. The van der Waals surface area contributed by atoms with Crippen LogP contribution in [0.4, 0.5) is 0 Å². The van der Waals surface area contributed by atoms with Crippen LogP contribution < -0.4 is 5.32 Å². The molecule has 0 aliphatic carbocycles. The number of unbranched alkanes of at least 4 members (excludes halogenated alkanes) is 3. The Kier molecular flexibility index (Phi) is 9.53. The van der Waals surface area contributed by atoms with E-state index in [-0.39, 0.29) is 0 Å². The van der Waals surface area contributed by atoms with Crippen LogP contribution in [0, 0.1) is 0 Å². The Morgan fingerprint density at radius 2 is 2.07 bits per heavy atom. The summed E-state index contributed by atoms with van der Waals surface area (Å²) in [6, 6.07) is 0.610. The molecule has 0 heterocycles. The number of nitrogens with one attached hydrogen (secondary N) is 1. The maximum absolute atomic E-state index is 5.58. The molecule has 1 nitrogen and oxygen atoms in total. The fraction of sp³-hybridized carbons (Fsp3) is 0.833. The Balaban J connectivity index is 3.32. The van der Waals surface area contributed by atoms with Gasteiger partial charge < -0.3 is 5.32 Å². The highest BCUT2D eigenvalue weighted by atomic mass is 35.5. The van der Waals surface area contributed by atoms with Crippen molar-refractivity contribution in [2.75, 3.05) is 6.54 Å². The van der Waals surface area contributed by atoms with E-state index >= 15 is 0 Å². The van der Waals surface area contributed by atoms with Gasteiger partial charge in [0.25, 0.3) is 0 Å². The van der Waals surface area contributed by atoms with Crippen LogP contribution in [-0.4, -0.2) is 12.6 Å². The summed E-state index contributed by atoms with van der Waals surface area (Å²) in [5, 5.41) is 3.46. The van der Waals surface area contributed by atoms with Gasteiger partial charge in [-0.1, -0.05) is 44.2 Å². The zero-order chi connectivity index (χ0) is 10.8. The van der Waals surface area contributed by atoms with E-state index in [2.05, 4.69) is 19.2 Å². The summed E-state index contributed by atoms with van der Waals surface area (Å²) >= 11 is 5.58. The molecule has 0 aliphatic heterocycles. The first-order valence-electron chi connectivity index (χ1n) is 5.70. The van der Waals surface area contributed by atoms with Gasteiger partial charge in [0.2, 0.25) is 0 Å². The first kappa shape index (κ1) is 14.0. The summed E-state index contributed by atoms with van der Waals surface area (Å²) < 4.78 is 0. The summed E-state index contributed by atoms with van der Waals surface area (Å²) in [5.41, 5.74) is 2.85. The summed E-state index contributed by atoms with van der Waals surface area (Å²) in [6.07, 6.45) is 6.66. The summed E-state index contributed by atoms with van der Waals surface area (Å²) in [6.45, 7) is 7.45. The van der Waals surface area contributed by atoms with Gasteiger partial charge in [0.05, 0.1) is 0 Å². The average molecular weight is 218 g/mol. The molecule has 0 bridgehead atoms. The van der Waals surface area contributed by atoms with Crippen LogP contribution >= 0.6 is 11.6 Å². The molecular weight excluding hydrogens is 194 g/mol. The largest absolute Gasteiger partial charge is 0.311 e. The van der Waals surface area contributed by atoms with Gasteiger partial charge in [-0.15, -0.1) is 0 Å². The number of hydrogen-bond acceptors (Lipinski definition) is 1. The quantitative estimate of drug-likeness (QED) is 0.605. The standard InChI is InChI=1S/C12H24ClN/c1-4-5-6-7-8-12(3)14-10-11(2)9-13/h9,12,14H,4-8,10H2,1-3H3. The van der Waals surface area contributed by atoms with Crippen LogP contribution in [0.15, 0.2) is 11.1 Å². The summed E-state index contributed by atoms with van der Waals surface area (Å²) in [7, 11) is 0. The molecule has 0 saturated carbocycles. The van der Waals surface area contributed by atoms with Crippen LogP contribution in [0.3, 0.4) is 0 Å². The van der Waals surface area contributed by atoms with Crippen molar-refractivity contribution in [2.45, 2.75) is 58.9 Å². The van der Waals surface area contributed by atoms with Gasteiger partial charge in [0.1, 0.15) is 0 Å². The SMILES string of the molecule is CCCCCCC(C)NCC(C)=CCl. The molecule has 2 heteroatoms. The van der Waals surface area contributed by atoms with Crippen molar-refractivity contribution < 1.29 is 0 Å². The van der Waals surface area contributed by atoms with E-state index in [0.29, 0.717) is 6.04 Å². The second kappa shape index (κ2) is 9.54. The fourth-order valence-electron chi connectivity index (χ4n) is 1.35. The number of rotatable bonds is 8. The maximum atomic E-state index is 5.58. The molecule has 0 aromatic carbocycles. The third kappa shape index (κ3) is 8.58. The van der Waals surface area contributed by atoms with Gasteiger partial charge >= 0.3 is 0 Å². The summed E-state index contributed by atoms with van der Waals surface area (Å²) in [5.74, 6) is 0. The second-order valence-corrected chi connectivity index (χ2v) is 4.30. The lowest BCUT2D eigenvalue weighted by Gasteiger charge is -2.13. The molecule has 0 radical (unpaired) electrons. The van der Waals surface area contributed by atoms with Crippen LogP contribution in [0.25, 0.3) is 0 Å². The minimum atomic E-state index is 0.610. The van der Waals surface area contributed by atoms with Crippen molar-refractivity contribution in [3.05, 3.63) is 11.1 Å². The minimum absolute atomic E-state index is 0.610. The van der Waals surface area contributed by atoms with E-state index in [1.165, 1.54) is 37.7 Å². The molecule has 0 saturated heterocycles. The maximum Gasteiger partial charge on any atom is 0.0176 e. The number of halogens is 1. The van der Waals surface area contributed by atoms with Crippen molar-refractivity contribution in [1.82, 2.24) is 5.32 Å². The molecule has 0 aromatic heterocycles. The molecule has 84 valence electrons. The van der Waals surface area contributed by atoms with Gasteiger partial charge in [-0.3, -0.25) is 0 Å². The minimum Gasteiger partial charge on any atom is -0.311 e. The van der Waals surface area contributed by atoms with Crippen molar-refractivity contribution in [1.29, 1.82) is 0 Å². The first-order chi connectivity index (χ1) is 6.70. The van der Waals surface area contributed by atoms with E-state index in [9.17, 15) is 0 Å². The van der Waals surface area contributed by atoms with Crippen molar-refractivity contribution in [2.24, 2.45) is 0 Å². The lowest BCUT2D eigenvalue weighted by atomic mass is 10.1. The van der Waals surface area contributed by atoms with Gasteiger partial charge in [-0.25, -0.2) is 0 Å². The van der Waals surface area contributed by atoms with Crippen LogP contribution in [0.1, 0.15) is 52.9 Å². The third-order valence-electron chi connectivity index (χ3n) is 2.41. The van der Waals surface area contributed by atoms with Gasteiger partial charge in [-0.2, -0.15) is 0 Å².